The molecule has 1 heterocycles. The highest BCUT2D eigenvalue weighted by atomic mass is 19.1. The smallest absolute Gasteiger partial charge is 0.224 e. The Balaban J connectivity index is 1.93. The van der Waals surface area contributed by atoms with E-state index >= 15 is 0 Å². The maximum atomic E-state index is 12.9. The number of benzene rings is 1. The minimum Gasteiger partial charge on any atom is -0.355 e. The molecule has 3 nitrogen and oxygen atoms in total. The molecular weight excluding hydrogens is 243 g/mol. The van der Waals surface area contributed by atoms with Crippen molar-refractivity contribution < 1.29 is 9.18 Å². The Morgan fingerprint density at radius 1 is 1.42 bits per heavy atom. The van der Waals surface area contributed by atoms with Gasteiger partial charge in [-0.15, -0.1) is 0 Å². The molecule has 0 radical (unpaired) electrons. The van der Waals surface area contributed by atoms with Crippen molar-refractivity contribution >= 4 is 5.91 Å². The van der Waals surface area contributed by atoms with E-state index in [2.05, 4.69) is 10.6 Å². The van der Waals surface area contributed by atoms with Crippen molar-refractivity contribution in [1.82, 2.24) is 10.6 Å². The van der Waals surface area contributed by atoms with Gasteiger partial charge in [-0.1, -0.05) is 26.0 Å². The molecule has 0 bridgehead atoms. The standard InChI is InChI=1S/C15H21FN2O/c1-15(2,12-3-5-13(16)6-4-12)10-18-14(19)11-7-8-17-9-11/h3-6,11,17H,7-10H2,1-2H3,(H,18,19). The molecule has 0 aromatic heterocycles. The largest absolute Gasteiger partial charge is 0.355 e. The van der Waals surface area contributed by atoms with Gasteiger partial charge in [0.05, 0.1) is 5.92 Å². The summed E-state index contributed by atoms with van der Waals surface area (Å²) in [6, 6.07) is 6.47. The van der Waals surface area contributed by atoms with Gasteiger partial charge in [0.25, 0.3) is 0 Å². The number of amides is 1. The van der Waals surface area contributed by atoms with Crippen molar-refractivity contribution in [1.29, 1.82) is 0 Å². The Hall–Kier alpha value is -1.42. The summed E-state index contributed by atoms with van der Waals surface area (Å²) in [6.07, 6.45) is 0.906. The fraction of sp³-hybridized carbons (Fsp3) is 0.533. The summed E-state index contributed by atoms with van der Waals surface area (Å²) in [5, 5.41) is 6.19. The maximum absolute atomic E-state index is 12.9. The van der Waals surface area contributed by atoms with Crippen LogP contribution in [0.1, 0.15) is 25.8 Å². The summed E-state index contributed by atoms with van der Waals surface area (Å²) < 4.78 is 12.9. The van der Waals surface area contributed by atoms with Crippen molar-refractivity contribution in [3.63, 3.8) is 0 Å². The zero-order chi connectivity index (χ0) is 13.9. The van der Waals surface area contributed by atoms with Crippen LogP contribution in [0.15, 0.2) is 24.3 Å². The van der Waals surface area contributed by atoms with Crippen molar-refractivity contribution in [3.05, 3.63) is 35.6 Å². The van der Waals surface area contributed by atoms with Crippen LogP contribution in [0.4, 0.5) is 4.39 Å². The lowest BCUT2D eigenvalue weighted by molar-refractivity contribution is -0.124. The van der Waals surface area contributed by atoms with Crippen molar-refractivity contribution in [2.75, 3.05) is 19.6 Å². The molecule has 19 heavy (non-hydrogen) atoms. The topological polar surface area (TPSA) is 41.1 Å². The van der Waals surface area contributed by atoms with Gasteiger partial charge >= 0.3 is 0 Å². The summed E-state index contributed by atoms with van der Waals surface area (Å²) in [5.74, 6) is -0.0372. The van der Waals surface area contributed by atoms with Crippen molar-refractivity contribution in [2.24, 2.45) is 5.92 Å². The molecule has 2 rings (SSSR count). The predicted octanol–water partition coefficient (Wildman–Crippen LogP) is 1.83. The third-order valence-corrected chi connectivity index (χ3v) is 3.76. The number of halogens is 1. The van der Waals surface area contributed by atoms with Gasteiger partial charge < -0.3 is 10.6 Å². The highest BCUT2D eigenvalue weighted by Gasteiger charge is 2.26. The van der Waals surface area contributed by atoms with E-state index < -0.39 is 0 Å². The van der Waals surface area contributed by atoms with E-state index in [1.807, 2.05) is 13.8 Å². The molecule has 1 fully saturated rings. The second-order valence-electron chi connectivity index (χ2n) is 5.80. The Morgan fingerprint density at radius 2 is 2.11 bits per heavy atom. The number of rotatable bonds is 4. The van der Waals surface area contributed by atoms with Crippen LogP contribution in [0.2, 0.25) is 0 Å². The Kier molecular flexibility index (Phi) is 4.20. The zero-order valence-corrected chi connectivity index (χ0v) is 11.5. The summed E-state index contributed by atoms with van der Waals surface area (Å²) in [6.45, 7) is 6.34. The number of carbonyl (C=O) groups excluding carboxylic acids is 1. The second kappa shape index (κ2) is 5.70. The fourth-order valence-electron chi connectivity index (χ4n) is 2.33. The molecule has 1 aromatic rings. The molecule has 4 heteroatoms. The van der Waals surface area contributed by atoms with Crippen molar-refractivity contribution in [3.8, 4) is 0 Å². The van der Waals surface area contributed by atoms with Crippen LogP contribution in [-0.4, -0.2) is 25.5 Å². The molecule has 104 valence electrons. The predicted molar refractivity (Wildman–Crippen MR) is 73.4 cm³/mol. The molecule has 1 aliphatic heterocycles. The summed E-state index contributed by atoms with van der Waals surface area (Å²) in [5.41, 5.74) is 0.828. The van der Waals surface area contributed by atoms with E-state index in [1.165, 1.54) is 12.1 Å². The molecule has 2 N–H and O–H groups in total. The molecule has 0 spiro atoms. The average Bonchev–Trinajstić information content (AvgIpc) is 2.90. The van der Waals surface area contributed by atoms with Crippen LogP contribution in [0.5, 0.6) is 0 Å². The van der Waals surface area contributed by atoms with Gasteiger partial charge in [0.2, 0.25) is 5.91 Å². The van der Waals surface area contributed by atoms with Gasteiger partial charge in [0.15, 0.2) is 0 Å². The van der Waals surface area contributed by atoms with Crippen molar-refractivity contribution in [2.45, 2.75) is 25.7 Å². The molecule has 0 aliphatic carbocycles. The van der Waals surface area contributed by atoms with Crippen LogP contribution < -0.4 is 10.6 Å². The molecule has 1 unspecified atom stereocenters. The Bertz CT molecular complexity index is 436. The van der Waals surface area contributed by atoms with E-state index in [9.17, 15) is 9.18 Å². The van der Waals surface area contributed by atoms with Gasteiger partial charge in [-0.2, -0.15) is 0 Å². The lowest BCUT2D eigenvalue weighted by atomic mass is 9.84. The van der Waals surface area contributed by atoms with E-state index in [4.69, 9.17) is 0 Å². The molecule has 0 saturated carbocycles. The van der Waals surface area contributed by atoms with E-state index in [-0.39, 0.29) is 23.1 Å². The Morgan fingerprint density at radius 3 is 2.68 bits per heavy atom. The van der Waals surface area contributed by atoms with Crippen LogP contribution in [0.25, 0.3) is 0 Å². The SMILES string of the molecule is CC(C)(CNC(=O)C1CCNC1)c1ccc(F)cc1. The van der Waals surface area contributed by atoms with E-state index in [0.29, 0.717) is 6.54 Å². The van der Waals surface area contributed by atoms with Crippen LogP contribution in [0.3, 0.4) is 0 Å². The number of hydrogen-bond acceptors (Lipinski definition) is 2. The average molecular weight is 264 g/mol. The summed E-state index contributed by atoms with van der Waals surface area (Å²) in [7, 11) is 0. The third kappa shape index (κ3) is 3.53. The highest BCUT2D eigenvalue weighted by molar-refractivity contribution is 5.79. The van der Waals surface area contributed by atoms with Gasteiger partial charge in [-0.3, -0.25) is 4.79 Å². The van der Waals surface area contributed by atoms with Crippen LogP contribution in [-0.2, 0) is 10.2 Å². The third-order valence-electron chi connectivity index (χ3n) is 3.76. The van der Waals surface area contributed by atoms with Gasteiger partial charge in [0, 0.05) is 18.5 Å². The first-order valence-electron chi connectivity index (χ1n) is 6.73. The normalized spacial score (nSPS) is 19.4. The van der Waals surface area contributed by atoms with E-state index in [0.717, 1.165) is 25.1 Å². The lowest BCUT2D eigenvalue weighted by Crippen LogP contribution is -2.40. The first-order chi connectivity index (χ1) is 8.99. The number of carbonyl (C=O) groups is 1. The number of hydrogen-bond donors (Lipinski definition) is 2. The lowest BCUT2D eigenvalue weighted by Gasteiger charge is -2.26. The molecule has 1 amide bonds. The number of nitrogens with one attached hydrogen (secondary N) is 2. The van der Waals surface area contributed by atoms with Gasteiger partial charge in [-0.25, -0.2) is 4.39 Å². The highest BCUT2D eigenvalue weighted by Crippen LogP contribution is 2.22. The second-order valence-corrected chi connectivity index (χ2v) is 5.80. The molecule has 1 saturated heterocycles. The van der Waals surface area contributed by atoms with Gasteiger partial charge in [-0.05, 0) is 30.7 Å². The first-order valence-corrected chi connectivity index (χ1v) is 6.73. The minimum atomic E-state index is -0.236. The monoisotopic (exact) mass is 264 g/mol. The van der Waals surface area contributed by atoms with Gasteiger partial charge in [0.1, 0.15) is 5.82 Å². The quantitative estimate of drug-likeness (QED) is 0.871. The first kappa shape index (κ1) is 14.0. The molecule has 1 aromatic carbocycles. The Labute approximate surface area is 113 Å². The van der Waals surface area contributed by atoms with Crippen LogP contribution in [0, 0.1) is 11.7 Å². The fourth-order valence-corrected chi connectivity index (χ4v) is 2.33. The molecular formula is C15H21FN2O. The molecule has 1 aliphatic rings. The van der Waals surface area contributed by atoms with E-state index in [1.54, 1.807) is 12.1 Å². The van der Waals surface area contributed by atoms with Crippen LogP contribution >= 0.6 is 0 Å². The summed E-state index contributed by atoms with van der Waals surface area (Å²) in [4.78, 5) is 12.0. The zero-order valence-electron chi connectivity index (χ0n) is 11.5. The molecule has 1 atom stereocenters. The summed E-state index contributed by atoms with van der Waals surface area (Å²) >= 11 is 0. The maximum Gasteiger partial charge on any atom is 0.224 e. The minimum absolute atomic E-state index is 0.0871.